The Hall–Kier alpha value is -6.90. The number of nitrogens with zero attached hydrogens (tertiary/aromatic N) is 2. The number of rotatable bonds is 36. The fraction of sp³-hybridized carbons (Fsp3) is 0.714. The maximum atomic E-state index is 14.3. The van der Waals surface area contributed by atoms with Crippen LogP contribution < -0.4 is 65.5 Å². The number of H-pyrrole nitrogens is 1. The van der Waals surface area contributed by atoms with E-state index in [9.17, 15) is 58.2 Å². The molecule has 0 aliphatic rings. The van der Waals surface area contributed by atoms with Crippen molar-refractivity contribution >= 4 is 65.2 Å². The Balaban J connectivity index is 3.51. The lowest BCUT2D eigenvalue weighted by Crippen LogP contribution is -2.62. The van der Waals surface area contributed by atoms with Crippen LogP contribution in [-0.2, 0) is 54.4 Å². The molecule has 0 spiro atoms. The number of carboxylic acid groups (broad SMARTS) is 2. The molecule has 0 saturated carbocycles. The Morgan fingerprint density at radius 2 is 0.987 bits per heavy atom. The summed E-state index contributed by atoms with van der Waals surface area (Å²) in [4.78, 5) is 145. The standard InChI is InChI=1S/C49H87N15O12/c1-24(2)20-33(60-46(73)36(25(3)4)61-40(67)30(51)14-11-12-18-50)43(70)57-32(16-17-35(65)66)41(68)59-34(21-29-22-54-23-56-29)44(71)62-38(27(7)8)47(74)63-37(26(5)6)45(72)58-31(15-13-19-55-49(52)53)42(69)64-39(28(9)10)48(75)76/h22-28,30-34,36-39H,11-21,50-51H2,1-10H3,(H,54,56)(H,57,70)(H,58,72)(H,59,68)(H,60,73)(H,61,67)(H,62,71)(H,63,74)(H,64,69)(H,65,66)(H,75,76)(H4,52,53,55)/t30-,31-,32-,33-,34-,36-,37-,38-,39-/m0/s1. The summed E-state index contributed by atoms with van der Waals surface area (Å²) in [7, 11) is 0. The number of hydrogen-bond acceptors (Lipinski definition) is 14. The molecular formula is C49H87N15O12. The SMILES string of the molecule is CC(C)C[C@H](NC(=O)[C@@H](NC(=O)[C@@H](N)CCCCN)C(C)C)C(=O)N[C@@H](CCC(=O)O)C(=O)N[C@@H](Cc1cnc[nH]1)C(=O)N[C@H](C(=O)N[C@H](C(=O)N[C@@H](CCCN=C(N)N)C(=O)N[C@H](C(=O)O)C(C)C)C(C)C)C(C)C. The smallest absolute Gasteiger partial charge is 0.326 e. The molecule has 8 amide bonds. The topological polar surface area (TPSA) is 453 Å². The number of hydrogen-bond donors (Lipinski definition) is 15. The molecular weight excluding hydrogens is 991 g/mol. The number of carbonyl (C=O) groups is 10. The van der Waals surface area contributed by atoms with Gasteiger partial charge in [-0.25, -0.2) is 9.78 Å². The number of aliphatic carboxylic acids is 2. The molecule has 1 rings (SSSR count). The molecule has 1 heterocycles. The Labute approximate surface area is 445 Å². The first kappa shape index (κ1) is 67.1. The molecule has 0 fully saturated rings. The second kappa shape index (κ2) is 33.9. The zero-order chi connectivity index (χ0) is 58.0. The fourth-order valence-electron chi connectivity index (χ4n) is 7.67. The molecule has 76 heavy (non-hydrogen) atoms. The molecule has 0 bridgehead atoms. The molecule has 19 N–H and O–H groups in total. The summed E-state index contributed by atoms with van der Waals surface area (Å²) in [5.41, 5.74) is 22.9. The number of carbonyl (C=O) groups excluding carboxylic acids is 8. The second-order valence-corrected chi connectivity index (χ2v) is 20.7. The summed E-state index contributed by atoms with van der Waals surface area (Å²) < 4.78 is 0. The van der Waals surface area contributed by atoms with E-state index in [0.717, 1.165) is 0 Å². The molecule has 1 aromatic rings. The predicted molar refractivity (Wildman–Crippen MR) is 282 cm³/mol. The van der Waals surface area contributed by atoms with Gasteiger partial charge >= 0.3 is 11.9 Å². The van der Waals surface area contributed by atoms with E-state index >= 15 is 0 Å². The van der Waals surface area contributed by atoms with Gasteiger partial charge in [0.15, 0.2) is 5.96 Å². The Morgan fingerprint density at radius 1 is 0.553 bits per heavy atom. The summed E-state index contributed by atoms with van der Waals surface area (Å²) >= 11 is 0. The number of nitrogens with one attached hydrogen (secondary N) is 9. The van der Waals surface area contributed by atoms with E-state index in [-0.39, 0.29) is 44.1 Å². The minimum absolute atomic E-state index is 0.0199. The molecule has 9 atom stereocenters. The van der Waals surface area contributed by atoms with E-state index < -0.39 is 150 Å². The Kier molecular flexibility index (Phi) is 29.9. The average Bonchev–Trinajstić information content (AvgIpc) is 3.84. The van der Waals surface area contributed by atoms with Gasteiger partial charge < -0.3 is 80.7 Å². The Bertz CT molecular complexity index is 2100. The number of amides is 8. The van der Waals surface area contributed by atoms with Crippen LogP contribution in [0.3, 0.4) is 0 Å². The first-order valence-corrected chi connectivity index (χ1v) is 25.9. The monoisotopic (exact) mass is 1080 g/mol. The van der Waals surface area contributed by atoms with Gasteiger partial charge in [0.1, 0.15) is 48.3 Å². The quantitative estimate of drug-likeness (QED) is 0.0196. The number of aromatic nitrogens is 2. The van der Waals surface area contributed by atoms with Crippen LogP contribution >= 0.6 is 0 Å². The van der Waals surface area contributed by atoms with Crippen molar-refractivity contribution in [1.82, 2.24) is 52.5 Å². The minimum Gasteiger partial charge on any atom is -0.481 e. The third-order valence-electron chi connectivity index (χ3n) is 12.1. The van der Waals surface area contributed by atoms with E-state index in [1.54, 1.807) is 69.2 Å². The Morgan fingerprint density at radius 3 is 1.46 bits per heavy atom. The zero-order valence-corrected chi connectivity index (χ0v) is 45.7. The van der Waals surface area contributed by atoms with Crippen molar-refractivity contribution in [2.45, 2.75) is 181 Å². The molecule has 0 aliphatic heterocycles. The molecule has 430 valence electrons. The molecule has 0 unspecified atom stereocenters. The molecule has 27 nitrogen and oxygen atoms in total. The van der Waals surface area contributed by atoms with Gasteiger partial charge in [0.2, 0.25) is 47.3 Å². The van der Waals surface area contributed by atoms with Crippen molar-refractivity contribution in [3.8, 4) is 0 Å². The number of unbranched alkanes of at least 4 members (excludes halogenated alkanes) is 1. The van der Waals surface area contributed by atoms with Gasteiger partial charge in [-0.3, -0.25) is 48.1 Å². The number of guanidine groups is 1. The number of aromatic amines is 1. The van der Waals surface area contributed by atoms with Crippen LogP contribution in [0.1, 0.15) is 126 Å². The lowest BCUT2D eigenvalue weighted by molar-refractivity contribution is -0.143. The van der Waals surface area contributed by atoms with Gasteiger partial charge in [-0.1, -0.05) is 75.7 Å². The second-order valence-electron chi connectivity index (χ2n) is 20.7. The van der Waals surface area contributed by atoms with Crippen molar-refractivity contribution < 1.29 is 58.2 Å². The highest BCUT2D eigenvalue weighted by Crippen LogP contribution is 2.14. The van der Waals surface area contributed by atoms with Gasteiger partial charge in [0.05, 0.1) is 12.4 Å². The van der Waals surface area contributed by atoms with Gasteiger partial charge in [0, 0.05) is 31.3 Å². The normalized spacial score (nSPS) is 15.0. The lowest BCUT2D eigenvalue weighted by atomic mass is 9.98. The third kappa shape index (κ3) is 24.6. The van der Waals surface area contributed by atoms with Gasteiger partial charge in [0.25, 0.3) is 0 Å². The van der Waals surface area contributed by atoms with Gasteiger partial charge in [-0.2, -0.15) is 0 Å². The number of nitrogens with two attached hydrogens (primary N) is 4. The number of carboxylic acids is 2. The van der Waals surface area contributed by atoms with Crippen LogP contribution in [0.2, 0.25) is 0 Å². The van der Waals surface area contributed by atoms with E-state index in [2.05, 4.69) is 57.5 Å². The summed E-state index contributed by atoms with van der Waals surface area (Å²) in [5, 5.41) is 40.2. The summed E-state index contributed by atoms with van der Waals surface area (Å²) in [5.74, 6) is -11.6. The molecule has 0 saturated heterocycles. The summed E-state index contributed by atoms with van der Waals surface area (Å²) in [6, 6.07) is -11.6. The summed E-state index contributed by atoms with van der Waals surface area (Å²) in [6.07, 6.45) is 3.24. The van der Waals surface area contributed by atoms with E-state index in [4.69, 9.17) is 22.9 Å². The van der Waals surface area contributed by atoms with Crippen LogP contribution in [0.4, 0.5) is 0 Å². The largest absolute Gasteiger partial charge is 0.481 e. The molecule has 27 heteroatoms. The minimum atomic E-state index is -1.58. The van der Waals surface area contributed by atoms with E-state index in [0.29, 0.717) is 31.5 Å². The molecule has 0 aromatic carbocycles. The molecule has 0 aliphatic carbocycles. The van der Waals surface area contributed by atoms with Crippen molar-refractivity contribution in [3.63, 3.8) is 0 Å². The fourth-order valence-corrected chi connectivity index (χ4v) is 7.67. The van der Waals surface area contributed by atoms with E-state index in [1.165, 1.54) is 12.5 Å². The van der Waals surface area contributed by atoms with Crippen LogP contribution in [0.15, 0.2) is 17.5 Å². The van der Waals surface area contributed by atoms with Crippen molar-refractivity contribution in [1.29, 1.82) is 0 Å². The molecule has 0 radical (unpaired) electrons. The lowest BCUT2D eigenvalue weighted by Gasteiger charge is -2.30. The first-order valence-electron chi connectivity index (χ1n) is 25.9. The zero-order valence-electron chi connectivity index (χ0n) is 45.7. The predicted octanol–water partition coefficient (Wildman–Crippen LogP) is -2.04. The van der Waals surface area contributed by atoms with Crippen LogP contribution in [-0.4, -0.2) is 153 Å². The third-order valence-corrected chi connectivity index (χ3v) is 12.1. The number of aliphatic imine (C=N–C) groups is 1. The van der Waals surface area contributed by atoms with Gasteiger partial charge in [-0.15, -0.1) is 0 Å². The van der Waals surface area contributed by atoms with Crippen molar-refractivity contribution in [2.24, 2.45) is 57.5 Å². The maximum absolute atomic E-state index is 14.3. The number of imidazole rings is 1. The van der Waals surface area contributed by atoms with Gasteiger partial charge in [-0.05, 0) is 74.7 Å². The highest BCUT2D eigenvalue weighted by molar-refractivity contribution is 5.98. The van der Waals surface area contributed by atoms with Crippen LogP contribution in [0.5, 0.6) is 0 Å². The van der Waals surface area contributed by atoms with E-state index in [1.807, 2.05) is 0 Å². The highest BCUT2D eigenvalue weighted by Gasteiger charge is 2.37. The van der Waals surface area contributed by atoms with Crippen LogP contribution in [0, 0.1) is 29.6 Å². The van der Waals surface area contributed by atoms with Crippen LogP contribution in [0.25, 0.3) is 0 Å². The first-order chi connectivity index (χ1) is 35.5. The molecule has 1 aromatic heterocycles. The maximum Gasteiger partial charge on any atom is 0.326 e. The van der Waals surface area contributed by atoms with Crippen molar-refractivity contribution in [2.75, 3.05) is 13.1 Å². The summed E-state index contributed by atoms with van der Waals surface area (Å²) in [6.45, 7) is 17.1. The van der Waals surface area contributed by atoms with Crippen molar-refractivity contribution in [3.05, 3.63) is 18.2 Å². The average molecular weight is 1080 g/mol. The highest BCUT2D eigenvalue weighted by atomic mass is 16.4.